The third-order valence-electron chi connectivity index (χ3n) is 3.90. The number of benzene rings is 2. The van der Waals surface area contributed by atoms with Crippen LogP contribution in [0.5, 0.6) is 0 Å². The Balaban J connectivity index is 1.72. The normalized spacial score (nSPS) is 15.6. The van der Waals surface area contributed by atoms with Gasteiger partial charge in [0.2, 0.25) is 0 Å². The maximum Gasteiger partial charge on any atom is 0.195 e. The molecule has 1 aliphatic heterocycles. The Hall–Kier alpha value is -1.72. The van der Waals surface area contributed by atoms with Crippen LogP contribution < -0.4 is 0 Å². The molecule has 0 amide bonds. The van der Waals surface area contributed by atoms with Gasteiger partial charge in [-0.3, -0.25) is 9.69 Å². The van der Waals surface area contributed by atoms with Crippen LogP contribution in [0.3, 0.4) is 0 Å². The van der Waals surface area contributed by atoms with E-state index >= 15 is 0 Å². The molecule has 0 radical (unpaired) electrons. The lowest BCUT2D eigenvalue weighted by Gasteiger charge is -2.26. The lowest BCUT2D eigenvalue weighted by atomic mass is 10.0. The molecular weight excluding hydrogens is 316 g/mol. The summed E-state index contributed by atoms with van der Waals surface area (Å²) in [6.07, 6.45) is 0. The van der Waals surface area contributed by atoms with Crippen molar-refractivity contribution >= 4 is 17.5 Å². The maximum absolute atomic E-state index is 13.7. The Kier molecular flexibility index (Phi) is 5.08. The molecule has 1 heterocycles. The highest BCUT2D eigenvalue weighted by Gasteiger charge is 2.15. The predicted octanol–water partition coefficient (Wildman–Crippen LogP) is 3.74. The number of hydrogen-bond donors (Lipinski definition) is 0. The Morgan fingerprint density at radius 3 is 2.39 bits per heavy atom. The van der Waals surface area contributed by atoms with Crippen LogP contribution in [0, 0.1) is 11.6 Å². The number of halogens is 2. The van der Waals surface area contributed by atoms with Crippen LogP contribution in [0.15, 0.2) is 42.5 Å². The molecule has 0 aromatic heterocycles. The summed E-state index contributed by atoms with van der Waals surface area (Å²) in [7, 11) is 0. The van der Waals surface area contributed by atoms with Gasteiger partial charge >= 0.3 is 0 Å². The topological polar surface area (TPSA) is 20.3 Å². The molecule has 0 N–H and O–H groups in total. The first-order chi connectivity index (χ1) is 11.1. The number of hydrogen-bond acceptors (Lipinski definition) is 3. The van der Waals surface area contributed by atoms with E-state index in [1.807, 2.05) is 23.9 Å². The lowest BCUT2D eigenvalue weighted by Crippen LogP contribution is -2.31. The lowest BCUT2D eigenvalue weighted by molar-refractivity contribution is 0.103. The molecule has 3 rings (SSSR count). The maximum atomic E-state index is 13.7. The Bertz CT molecular complexity index is 697. The number of rotatable bonds is 4. The highest BCUT2D eigenvalue weighted by Crippen LogP contribution is 2.17. The molecule has 0 unspecified atom stereocenters. The Labute approximate surface area is 138 Å². The van der Waals surface area contributed by atoms with Gasteiger partial charge in [0, 0.05) is 42.8 Å². The van der Waals surface area contributed by atoms with Gasteiger partial charge in [-0.15, -0.1) is 0 Å². The summed E-state index contributed by atoms with van der Waals surface area (Å²) in [4.78, 5) is 14.7. The van der Waals surface area contributed by atoms with Gasteiger partial charge in [-0.25, -0.2) is 8.78 Å². The summed E-state index contributed by atoms with van der Waals surface area (Å²) in [5, 5.41) is 0. The van der Waals surface area contributed by atoms with E-state index in [9.17, 15) is 13.6 Å². The third kappa shape index (κ3) is 3.98. The van der Waals surface area contributed by atoms with Crippen molar-refractivity contribution in [2.75, 3.05) is 24.6 Å². The second-order valence-corrected chi connectivity index (χ2v) is 6.76. The summed E-state index contributed by atoms with van der Waals surface area (Å²) in [5.74, 6) is 0.364. The molecule has 0 bridgehead atoms. The first kappa shape index (κ1) is 16.1. The fourth-order valence-corrected chi connectivity index (χ4v) is 3.59. The van der Waals surface area contributed by atoms with E-state index in [-0.39, 0.29) is 5.56 Å². The van der Waals surface area contributed by atoms with Gasteiger partial charge in [-0.2, -0.15) is 11.8 Å². The second-order valence-electron chi connectivity index (χ2n) is 5.54. The highest BCUT2D eigenvalue weighted by molar-refractivity contribution is 7.99. The van der Waals surface area contributed by atoms with E-state index in [2.05, 4.69) is 4.90 Å². The van der Waals surface area contributed by atoms with Crippen LogP contribution in [0.4, 0.5) is 8.78 Å². The van der Waals surface area contributed by atoms with Crippen LogP contribution in [-0.2, 0) is 6.54 Å². The van der Waals surface area contributed by atoms with E-state index in [1.54, 1.807) is 12.1 Å². The van der Waals surface area contributed by atoms with Crippen molar-refractivity contribution in [1.29, 1.82) is 0 Å². The van der Waals surface area contributed by atoms with Crippen molar-refractivity contribution in [3.05, 3.63) is 70.8 Å². The number of thioether (sulfide) groups is 1. The summed E-state index contributed by atoms with van der Waals surface area (Å²) in [6, 6.07) is 10.2. The first-order valence-corrected chi connectivity index (χ1v) is 8.68. The molecule has 0 atom stereocenters. The van der Waals surface area contributed by atoms with E-state index in [1.165, 1.54) is 6.07 Å². The van der Waals surface area contributed by atoms with Gasteiger partial charge in [0.1, 0.15) is 11.6 Å². The molecule has 0 aliphatic carbocycles. The molecule has 0 saturated carbocycles. The van der Waals surface area contributed by atoms with Gasteiger partial charge < -0.3 is 0 Å². The van der Waals surface area contributed by atoms with Crippen LogP contribution in [0.25, 0.3) is 0 Å². The monoisotopic (exact) mass is 333 g/mol. The minimum Gasteiger partial charge on any atom is -0.297 e. The zero-order valence-corrected chi connectivity index (χ0v) is 13.4. The molecule has 120 valence electrons. The molecule has 2 nitrogen and oxygen atoms in total. The van der Waals surface area contributed by atoms with Crippen molar-refractivity contribution in [1.82, 2.24) is 4.90 Å². The Morgan fingerprint density at radius 1 is 1.04 bits per heavy atom. The summed E-state index contributed by atoms with van der Waals surface area (Å²) >= 11 is 1.97. The molecule has 2 aromatic carbocycles. The zero-order chi connectivity index (χ0) is 16.2. The number of carbonyl (C=O) groups is 1. The van der Waals surface area contributed by atoms with Crippen LogP contribution in [-0.4, -0.2) is 35.3 Å². The van der Waals surface area contributed by atoms with E-state index < -0.39 is 17.4 Å². The fourth-order valence-electron chi connectivity index (χ4n) is 2.61. The standard InChI is InChI=1S/C18H17F2NOS/c19-15-5-6-16(17(20)11-15)18(22)14-3-1-13(2-4-14)12-21-7-9-23-10-8-21/h1-6,11H,7-10,12H2. The molecular formula is C18H17F2NOS. The second kappa shape index (κ2) is 7.23. The zero-order valence-electron chi connectivity index (χ0n) is 12.6. The number of ketones is 1. The number of nitrogens with zero attached hydrogens (tertiary/aromatic N) is 1. The van der Waals surface area contributed by atoms with Crippen LogP contribution in [0.1, 0.15) is 21.5 Å². The van der Waals surface area contributed by atoms with E-state index in [4.69, 9.17) is 0 Å². The van der Waals surface area contributed by atoms with Gasteiger partial charge in [-0.05, 0) is 17.7 Å². The summed E-state index contributed by atoms with van der Waals surface area (Å²) < 4.78 is 26.6. The van der Waals surface area contributed by atoms with Crippen molar-refractivity contribution in [2.24, 2.45) is 0 Å². The van der Waals surface area contributed by atoms with Gasteiger partial charge in [0.15, 0.2) is 5.78 Å². The molecule has 0 spiro atoms. The minimum absolute atomic E-state index is 0.104. The molecule has 1 fully saturated rings. The van der Waals surface area contributed by atoms with Crippen molar-refractivity contribution in [3.8, 4) is 0 Å². The van der Waals surface area contributed by atoms with Crippen LogP contribution >= 0.6 is 11.8 Å². The van der Waals surface area contributed by atoms with Crippen molar-refractivity contribution in [3.63, 3.8) is 0 Å². The predicted molar refractivity (Wildman–Crippen MR) is 88.8 cm³/mol. The SMILES string of the molecule is O=C(c1ccc(CN2CCSCC2)cc1)c1ccc(F)cc1F. The third-order valence-corrected chi connectivity index (χ3v) is 4.84. The van der Waals surface area contributed by atoms with Crippen molar-refractivity contribution in [2.45, 2.75) is 6.54 Å². The molecule has 5 heteroatoms. The van der Waals surface area contributed by atoms with Crippen molar-refractivity contribution < 1.29 is 13.6 Å². The van der Waals surface area contributed by atoms with Gasteiger partial charge in [-0.1, -0.05) is 24.3 Å². The van der Waals surface area contributed by atoms with E-state index in [0.717, 1.165) is 48.8 Å². The molecule has 1 aliphatic rings. The average Bonchev–Trinajstić information content (AvgIpc) is 2.56. The molecule has 23 heavy (non-hydrogen) atoms. The van der Waals surface area contributed by atoms with Gasteiger partial charge in [0.25, 0.3) is 0 Å². The van der Waals surface area contributed by atoms with Crippen LogP contribution in [0.2, 0.25) is 0 Å². The first-order valence-electron chi connectivity index (χ1n) is 7.52. The largest absolute Gasteiger partial charge is 0.297 e. The summed E-state index contributed by atoms with van der Waals surface area (Å²) in [5.41, 5.74) is 1.44. The van der Waals surface area contributed by atoms with Gasteiger partial charge in [0.05, 0.1) is 5.56 Å². The average molecular weight is 333 g/mol. The minimum atomic E-state index is -0.829. The molecule has 1 saturated heterocycles. The quantitative estimate of drug-likeness (QED) is 0.795. The fraction of sp³-hybridized carbons (Fsp3) is 0.278. The number of carbonyl (C=O) groups excluding carboxylic acids is 1. The summed E-state index contributed by atoms with van der Waals surface area (Å²) in [6.45, 7) is 3.01. The molecule has 2 aromatic rings. The van der Waals surface area contributed by atoms with E-state index in [0.29, 0.717) is 5.56 Å². The smallest absolute Gasteiger partial charge is 0.195 e. The Morgan fingerprint density at radius 2 is 1.74 bits per heavy atom. The highest BCUT2D eigenvalue weighted by atomic mass is 32.2.